The molecule has 0 aliphatic rings. The van der Waals surface area contributed by atoms with E-state index in [9.17, 15) is 0 Å². The molecule has 0 aliphatic carbocycles. The molecule has 1 aromatic rings. The molecule has 4 heteroatoms. The Kier molecular flexibility index (Phi) is 4.85. The Morgan fingerprint density at radius 3 is 3.00 bits per heavy atom. The molecule has 1 aromatic heterocycles. The Hall–Kier alpha value is -1.34. The van der Waals surface area contributed by atoms with Crippen LogP contribution in [0.3, 0.4) is 0 Å². The number of hydrogen-bond acceptors (Lipinski definition) is 3. The maximum atomic E-state index is 4.33. The van der Waals surface area contributed by atoms with Crippen LogP contribution in [0, 0.1) is 11.8 Å². The van der Waals surface area contributed by atoms with Crippen molar-refractivity contribution in [3.8, 4) is 11.8 Å². The van der Waals surface area contributed by atoms with Crippen LogP contribution in [0.5, 0.6) is 0 Å². The molecule has 0 bridgehead atoms. The highest BCUT2D eigenvalue weighted by atomic mass is 15.3. The molecular formula is C11H18N4. The van der Waals surface area contributed by atoms with E-state index in [4.69, 9.17) is 0 Å². The highest BCUT2D eigenvalue weighted by Crippen LogP contribution is 1.92. The second-order valence-corrected chi connectivity index (χ2v) is 3.64. The van der Waals surface area contributed by atoms with E-state index in [2.05, 4.69) is 41.1 Å². The summed E-state index contributed by atoms with van der Waals surface area (Å²) in [5.41, 5.74) is 0. The monoisotopic (exact) mass is 206 g/mol. The summed E-state index contributed by atoms with van der Waals surface area (Å²) in [4.78, 5) is 4.21. The summed E-state index contributed by atoms with van der Waals surface area (Å²) in [6.45, 7) is 7.60. The van der Waals surface area contributed by atoms with Crippen molar-refractivity contribution in [1.29, 1.82) is 0 Å². The van der Waals surface area contributed by atoms with E-state index in [0.29, 0.717) is 6.04 Å². The van der Waals surface area contributed by atoms with Gasteiger partial charge in [-0.05, 0) is 6.92 Å². The molecule has 0 radical (unpaired) electrons. The third-order valence-electron chi connectivity index (χ3n) is 1.90. The van der Waals surface area contributed by atoms with Crippen molar-refractivity contribution in [2.45, 2.75) is 46.3 Å². The zero-order chi connectivity index (χ0) is 11.1. The predicted octanol–water partition coefficient (Wildman–Crippen LogP) is 1.19. The summed E-state index contributed by atoms with van der Waals surface area (Å²) in [5.74, 6) is 6.70. The van der Waals surface area contributed by atoms with Gasteiger partial charge in [-0.1, -0.05) is 13.8 Å². The summed E-state index contributed by atoms with van der Waals surface area (Å²) in [5, 5.41) is 7.61. The van der Waals surface area contributed by atoms with Gasteiger partial charge in [0.2, 0.25) is 0 Å². The van der Waals surface area contributed by atoms with Gasteiger partial charge in [0.05, 0.1) is 13.1 Å². The molecule has 1 heterocycles. The minimum Gasteiger partial charge on any atom is -0.308 e. The number of aromatic nitrogens is 3. The Morgan fingerprint density at radius 1 is 1.53 bits per heavy atom. The summed E-state index contributed by atoms with van der Waals surface area (Å²) >= 11 is 0. The number of nitrogens with one attached hydrogen (secondary N) is 1. The van der Waals surface area contributed by atoms with E-state index < -0.39 is 0 Å². The molecule has 1 rings (SSSR count). The molecule has 0 unspecified atom stereocenters. The quantitative estimate of drug-likeness (QED) is 0.736. The van der Waals surface area contributed by atoms with Gasteiger partial charge in [0.25, 0.3) is 0 Å². The van der Waals surface area contributed by atoms with Crippen LogP contribution >= 0.6 is 0 Å². The first-order valence-corrected chi connectivity index (χ1v) is 5.23. The minimum atomic E-state index is 0.461. The number of aryl methyl sites for hydroxylation is 1. The smallest absolute Gasteiger partial charge is 0.164 e. The van der Waals surface area contributed by atoms with Crippen molar-refractivity contribution in [3.05, 3.63) is 12.2 Å². The molecule has 0 fully saturated rings. The standard InChI is InChI=1S/C11H18N4/c1-4-5-6-7-15-9-13-11(14-15)8-12-10(2)3/h9-10,12H,6-8H2,1-3H3. The van der Waals surface area contributed by atoms with Crippen molar-refractivity contribution in [2.24, 2.45) is 0 Å². The van der Waals surface area contributed by atoms with Gasteiger partial charge in [-0.3, -0.25) is 4.68 Å². The minimum absolute atomic E-state index is 0.461. The Balaban J connectivity index is 2.37. The summed E-state index contributed by atoms with van der Waals surface area (Å²) in [7, 11) is 0. The summed E-state index contributed by atoms with van der Waals surface area (Å²) in [6.07, 6.45) is 2.59. The fraction of sp³-hybridized carbons (Fsp3) is 0.636. The molecule has 0 aromatic carbocycles. The molecule has 0 saturated heterocycles. The maximum absolute atomic E-state index is 4.33. The van der Waals surface area contributed by atoms with Crippen molar-refractivity contribution < 1.29 is 0 Å². The molecule has 0 spiro atoms. The molecule has 15 heavy (non-hydrogen) atoms. The SMILES string of the molecule is CC#CCCn1cnc(CNC(C)C)n1. The zero-order valence-corrected chi connectivity index (χ0v) is 9.62. The van der Waals surface area contributed by atoms with E-state index in [0.717, 1.165) is 25.3 Å². The zero-order valence-electron chi connectivity index (χ0n) is 9.62. The van der Waals surface area contributed by atoms with Crippen LogP contribution in [0.1, 0.15) is 33.0 Å². The molecule has 0 amide bonds. The molecule has 1 N–H and O–H groups in total. The molecule has 4 nitrogen and oxygen atoms in total. The number of hydrogen-bond donors (Lipinski definition) is 1. The maximum Gasteiger partial charge on any atom is 0.164 e. The Morgan fingerprint density at radius 2 is 2.33 bits per heavy atom. The lowest BCUT2D eigenvalue weighted by Gasteiger charge is -2.03. The van der Waals surface area contributed by atoms with E-state index >= 15 is 0 Å². The summed E-state index contributed by atoms with van der Waals surface area (Å²) < 4.78 is 1.84. The first-order valence-electron chi connectivity index (χ1n) is 5.23. The lowest BCUT2D eigenvalue weighted by Crippen LogP contribution is -2.22. The van der Waals surface area contributed by atoms with Crippen LogP contribution in [0.15, 0.2) is 6.33 Å². The van der Waals surface area contributed by atoms with Crippen LogP contribution in [-0.4, -0.2) is 20.8 Å². The van der Waals surface area contributed by atoms with Crippen LogP contribution in [0.2, 0.25) is 0 Å². The fourth-order valence-corrected chi connectivity index (χ4v) is 1.11. The average molecular weight is 206 g/mol. The van der Waals surface area contributed by atoms with Gasteiger partial charge in [-0.2, -0.15) is 5.10 Å². The van der Waals surface area contributed by atoms with Crippen LogP contribution in [0.25, 0.3) is 0 Å². The normalized spacial score (nSPS) is 10.1. The highest BCUT2D eigenvalue weighted by molar-refractivity contribution is 4.94. The van der Waals surface area contributed by atoms with Crippen molar-refractivity contribution in [3.63, 3.8) is 0 Å². The van der Waals surface area contributed by atoms with Gasteiger partial charge in [0, 0.05) is 12.5 Å². The third kappa shape index (κ3) is 4.61. The predicted molar refractivity (Wildman–Crippen MR) is 60.1 cm³/mol. The second kappa shape index (κ2) is 6.20. The van der Waals surface area contributed by atoms with Gasteiger partial charge in [-0.25, -0.2) is 4.98 Å². The van der Waals surface area contributed by atoms with E-state index in [1.54, 1.807) is 6.33 Å². The summed E-state index contributed by atoms with van der Waals surface area (Å²) in [6, 6.07) is 0.461. The van der Waals surface area contributed by atoms with Gasteiger partial charge in [0.1, 0.15) is 6.33 Å². The number of nitrogens with zero attached hydrogens (tertiary/aromatic N) is 3. The Bertz CT molecular complexity index is 343. The highest BCUT2D eigenvalue weighted by Gasteiger charge is 2.00. The fourth-order valence-electron chi connectivity index (χ4n) is 1.11. The Labute approximate surface area is 91.1 Å². The molecule has 0 saturated carbocycles. The molecule has 82 valence electrons. The largest absolute Gasteiger partial charge is 0.308 e. The average Bonchev–Trinajstić information content (AvgIpc) is 2.63. The van der Waals surface area contributed by atoms with Crippen molar-refractivity contribution in [1.82, 2.24) is 20.1 Å². The van der Waals surface area contributed by atoms with E-state index in [1.807, 2.05) is 11.6 Å². The first kappa shape index (κ1) is 11.7. The van der Waals surface area contributed by atoms with Crippen molar-refractivity contribution in [2.75, 3.05) is 0 Å². The van der Waals surface area contributed by atoms with Crippen molar-refractivity contribution >= 4 is 0 Å². The van der Waals surface area contributed by atoms with E-state index in [-0.39, 0.29) is 0 Å². The molecular weight excluding hydrogens is 188 g/mol. The van der Waals surface area contributed by atoms with Crippen LogP contribution in [0.4, 0.5) is 0 Å². The second-order valence-electron chi connectivity index (χ2n) is 3.64. The van der Waals surface area contributed by atoms with Crippen LogP contribution < -0.4 is 5.32 Å². The van der Waals surface area contributed by atoms with E-state index in [1.165, 1.54) is 0 Å². The van der Waals surface area contributed by atoms with Gasteiger partial charge in [-0.15, -0.1) is 11.8 Å². The lowest BCUT2D eigenvalue weighted by molar-refractivity contribution is 0.559. The van der Waals surface area contributed by atoms with Gasteiger partial charge in [0.15, 0.2) is 5.82 Å². The first-order chi connectivity index (χ1) is 7.22. The van der Waals surface area contributed by atoms with Crippen LogP contribution in [-0.2, 0) is 13.1 Å². The molecule has 0 aliphatic heterocycles. The number of rotatable bonds is 5. The topological polar surface area (TPSA) is 42.7 Å². The lowest BCUT2D eigenvalue weighted by atomic mass is 10.4. The van der Waals surface area contributed by atoms with Gasteiger partial charge < -0.3 is 5.32 Å². The third-order valence-corrected chi connectivity index (χ3v) is 1.90. The van der Waals surface area contributed by atoms with Gasteiger partial charge >= 0.3 is 0 Å². The molecule has 0 atom stereocenters.